The molecule has 0 spiro atoms. The maximum Gasteiger partial charge on any atom is 0.417 e. The molecule has 1 saturated carbocycles. The number of halogens is 9. The first kappa shape index (κ1) is 35.2. The quantitative estimate of drug-likeness (QED) is 0.318. The van der Waals surface area contributed by atoms with Gasteiger partial charge in [-0.15, -0.1) is 0 Å². The lowest BCUT2D eigenvalue weighted by atomic mass is 9.83. The van der Waals surface area contributed by atoms with Crippen LogP contribution in [0.4, 0.5) is 40.9 Å². The first-order valence-electron chi connectivity index (χ1n) is 12.3. The van der Waals surface area contributed by atoms with Crippen LogP contribution in [0.1, 0.15) is 50.0 Å². The highest BCUT2D eigenvalue weighted by molar-refractivity contribution is 7.51. The Hall–Kier alpha value is -3.02. The van der Waals surface area contributed by atoms with Crippen molar-refractivity contribution in [2.45, 2.75) is 71.1 Å². The lowest BCUT2D eigenvalue weighted by Crippen LogP contribution is -2.48. The summed E-state index contributed by atoms with van der Waals surface area (Å²) < 4.78 is 126. The molecule has 42 heavy (non-hydrogen) atoms. The Bertz CT molecular complexity index is 1230. The smallest absolute Gasteiger partial charge is 0.417 e. The molecule has 0 atom stereocenters. The predicted octanol–water partition coefficient (Wildman–Crippen LogP) is 6.01. The van der Waals surface area contributed by atoms with Gasteiger partial charge in [0.25, 0.3) is 5.91 Å². The molecule has 9 nitrogen and oxygen atoms in total. The number of hydrogen-bond acceptors (Lipinski definition) is 7. The third-order valence-corrected chi connectivity index (χ3v) is 6.74. The van der Waals surface area contributed by atoms with Gasteiger partial charge >= 0.3 is 30.5 Å². The van der Waals surface area contributed by atoms with Crippen molar-refractivity contribution in [3.05, 3.63) is 23.0 Å². The summed E-state index contributed by atoms with van der Waals surface area (Å²) in [5.41, 5.74) is -0.693. The van der Waals surface area contributed by atoms with Crippen LogP contribution in [0.5, 0.6) is 5.75 Å². The van der Waals surface area contributed by atoms with Gasteiger partial charge in [0, 0.05) is 25.4 Å². The van der Waals surface area contributed by atoms with Crippen LogP contribution in [0.15, 0.2) is 12.3 Å². The highest BCUT2D eigenvalue weighted by Crippen LogP contribution is 2.40. The number of carbonyl (C=O) groups is 1. The Morgan fingerprint density at radius 3 is 2.21 bits per heavy atom. The van der Waals surface area contributed by atoms with Gasteiger partial charge in [-0.3, -0.25) is 9.48 Å². The minimum atomic E-state index is -5.76. The number of aromatic nitrogens is 3. The fourth-order valence-electron chi connectivity index (χ4n) is 4.31. The molecule has 0 bridgehead atoms. The van der Waals surface area contributed by atoms with Crippen LogP contribution in [0.2, 0.25) is 5.02 Å². The molecule has 2 aromatic rings. The van der Waals surface area contributed by atoms with E-state index in [0.29, 0.717) is 24.7 Å². The van der Waals surface area contributed by atoms with E-state index in [1.165, 1.54) is 0 Å². The fraction of sp³-hybridized carbons (Fsp3) is 0.609. The van der Waals surface area contributed by atoms with Gasteiger partial charge in [0.15, 0.2) is 5.69 Å². The molecule has 1 aliphatic rings. The number of aryl methyl sites for hydroxylation is 1. The zero-order chi connectivity index (χ0) is 31.8. The summed E-state index contributed by atoms with van der Waals surface area (Å²) in [7, 11) is 0. The second-order valence-corrected chi connectivity index (χ2v) is 9.85. The van der Waals surface area contributed by atoms with E-state index >= 15 is 0 Å². The van der Waals surface area contributed by atoms with Gasteiger partial charge in [-0.2, -0.15) is 48.6 Å². The molecule has 0 radical (unpaired) electrons. The van der Waals surface area contributed by atoms with Crippen LogP contribution in [0.3, 0.4) is 0 Å². The molecule has 3 rings (SSSR count). The van der Waals surface area contributed by atoms with Gasteiger partial charge in [-0.05, 0) is 31.6 Å². The van der Waals surface area contributed by atoms with E-state index in [0.717, 1.165) is 35.7 Å². The summed E-state index contributed by atoms with van der Waals surface area (Å²) in [6.45, 7) is 0.685. The number of nitrogens with one attached hydrogen (secondary N) is 2. The first-order chi connectivity index (χ1) is 19.5. The van der Waals surface area contributed by atoms with Crippen LogP contribution >= 0.6 is 11.6 Å². The van der Waals surface area contributed by atoms with Gasteiger partial charge in [0.1, 0.15) is 11.6 Å². The minimum absolute atomic E-state index is 0.0706. The van der Waals surface area contributed by atoms with E-state index in [1.807, 2.05) is 0 Å². The van der Waals surface area contributed by atoms with Crippen LogP contribution in [-0.4, -0.2) is 60.6 Å². The van der Waals surface area contributed by atoms with E-state index in [1.54, 1.807) is 6.92 Å². The van der Waals surface area contributed by atoms with Crippen molar-refractivity contribution in [1.29, 1.82) is 0 Å². The molecule has 236 valence electrons. The Balaban J connectivity index is 0.00000197. The predicted molar refractivity (Wildman–Crippen MR) is 135 cm³/mol. The van der Waals surface area contributed by atoms with Crippen LogP contribution in [0, 0.1) is 11.8 Å². The molecule has 0 saturated heterocycles. The molecule has 2 N–H and O–H groups in total. The normalized spacial score (nSPS) is 17.5. The largest absolute Gasteiger partial charge is 0.434 e. The number of amides is 1. The van der Waals surface area contributed by atoms with Crippen LogP contribution < -0.4 is 15.4 Å². The van der Waals surface area contributed by atoms with Gasteiger partial charge in [-0.25, -0.2) is 4.98 Å². The molecule has 0 unspecified atom stereocenters. The van der Waals surface area contributed by atoms with E-state index < -0.39 is 54.1 Å². The average molecular weight is 656 g/mol. The summed E-state index contributed by atoms with van der Waals surface area (Å²) in [4.78, 5) is 16.4. The third kappa shape index (κ3) is 9.50. The lowest BCUT2D eigenvalue weighted by Gasteiger charge is -2.26. The standard InChI is InChI=1S/C23H26ClF8N5O2.O2S/c1-3-37-18(16(24)17(36-37)19(38)34-9-12-6-4-11(2)5-7-12)13-10-33-15(8-14(13)39-21(25)26)35-20(22(27,28)29)23(30,31)32;1-3-2/h8,10-12,20-21H,3-7,9H2,1-2H3,(H,33,35)(H,34,38);. The molecule has 1 aliphatic carbocycles. The van der Waals surface area contributed by atoms with E-state index in [9.17, 15) is 39.9 Å². The van der Waals surface area contributed by atoms with Crippen molar-refractivity contribution < 1.29 is 53.1 Å². The van der Waals surface area contributed by atoms with Crippen LogP contribution in [-0.2, 0) is 18.1 Å². The summed E-state index contributed by atoms with van der Waals surface area (Å²) in [6, 6.07) is -3.56. The SMILES string of the molecule is CCn1nc(C(=O)NCC2CCC(C)CC2)c(Cl)c1-c1cnc(NC(C(F)(F)F)C(F)(F)F)cc1OC(F)F.O=S=O. The average Bonchev–Trinajstić information content (AvgIpc) is 3.21. The van der Waals surface area contributed by atoms with Gasteiger partial charge in [-0.1, -0.05) is 31.4 Å². The molecular weight excluding hydrogens is 630 g/mol. The zero-order valence-electron chi connectivity index (χ0n) is 22.0. The van der Waals surface area contributed by atoms with Crippen LogP contribution in [0.25, 0.3) is 11.3 Å². The maximum absolute atomic E-state index is 13.2. The second-order valence-electron chi connectivity index (χ2n) is 9.34. The van der Waals surface area contributed by atoms with Gasteiger partial charge in [0.2, 0.25) is 6.04 Å². The molecule has 0 aliphatic heterocycles. The van der Waals surface area contributed by atoms with Crippen molar-refractivity contribution >= 4 is 34.9 Å². The molecule has 2 heterocycles. The van der Waals surface area contributed by atoms with E-state index in [4.69, 9.17) is 20.0 Å². The van der Waals surface area contributed by atoms with Gasteiger partial charge < -0.3 is 15.4 Å². The fourth-order valence-corrected chi connectivity index (χ4v) is 4.63. The highest BCUT2D eigenvalue weighted by atomic mass is 35.5. The Labute approximate surface area is 242 Å². The van der Waals surface area contributed by atoms with Crippen molar-refractivity contribution in [2.24, 2.45) is 11.8 Å². The Morgan fingerprint density at radius 1 is 1.14 bits per heavy atom. The molecule has 2 aromatic heterocycles. The summed E-state index contributed by atoms with van der Waals surface area (Å²) in [6.07, 6.45) is -6.86. The number of hydrogen-bond donors (Lipinski definition) is 2. The second kappa shape index (κ2) is 14.9. The summed E-state index contributed by atoms with van der Waals surface area (Å²) >= 11 is 5.65. The zero-order valence-corrected chi connectivity index (χ0v) is 23.6. The topological polar surface area (TPSA) is 115 Å². The van der Waals surface area contributed by atoms with Gasteiger partial charge in [0.05, 0.1) is 16.3 Å². The highest BCUT2D eigenvalue weighted by Gasteiger charge is 2.57. The molecule has 1 fully saturated rings. The number of alkyl halides is 8. The molecule has 19 heteroatoms. The molecule has 1 amide bonds. The van der Waals surface area contributed by atoms with Crippen molar-refractivity contribution in [1.82, 2.24) is 20.1 Å². The van der Waals surface area contributed by atoms with E-state index in [-0.39, 0.29) is 34.4 Å². The van der Waals surface area contributed by atoms with Crippen molar-refractivity contribution in [2.75, 3.05) is 11.9 Å². The number of carbonyl (C=O) groups excluding carboxylic acids is 1. The minimum Gasteiger partial charge on any atom is -0.434 e. The Morgan fingerprint density at radius 2 is 1.71 bits per heavy atom. The molecular formula is C23H26ClF8N5O4S. The number of rotatable bonds is 9. The van der Waals surface area contributed by atoms with Crippen molar-refractivity contribution in [3.8, 4) is 17.0 Å². The Kier molecular flexibility index (Phi) is 12.5. The van der Waals surface area contributed by atoms with Crippen molar-refractivity contribution in [3.63, 3.8) is 0 Å². The molecule has 0 aromatic carbocycles. The summed E-state index contributed by atoms with van der Waals surface area (Å²) in [5.74, 6) is -1.61. The third-order valence-electron chi connectivity index (χ3n) is 6.38. The van der Waals surface area contributed by atoms with E-state index in [2.05, 4.69) is 27.1 Å². The number of pyridine rings is 1. The summed E-state index contributed by atoms with van der Waals surface area (Å²) in [5, 5.41) is 7.76. The maximum atomic E-state index is 13.2. The first-order valence-corrected chi connectivity index (χ1v) is 13.4. The lowest BCUT2D eigenvalue weighted by molar-refractivity contribution is -0.242. The number of nitrogens with zero attached hydrogens (tertiary/aromatic N) is 3. The number of ether oxygens (including phenoxy) is 1. The number of anilines is 1. The monoisotopic (exact) mass is 655 g/mol.